The fourth-order valence-electron chi connectivity index (χ4n) is 3.27. The number of hydrogen-bond donors (Lipinski definition) is 1. The van der Waals surface area contributed by atoms with Crippen LogP contribution in [0.15, 0.2) is 36.4 Å². The highest BCUT2D eigenvalue weighted by atomic mass is 16.5. The third kappa shape index (κ3) is 3.89. The SMILES string of the molecule is COc1ccc(OC)c(NC(=O)C2CC(=O)N(c3cc(C)ccc3C)C2)c1. The van der Waals surface area contributed by atoms with E-state index in [0.29, 0.717) is 23.7 Å². The summed E-state index contributed by atoms with van der Waals surface area (Å²) in [4.78, 5) is 27.0. The summed E-state index contributed by atoms with van der Waals surface area (Å²) in [5.74, 6) is 0.489. The van der Waals surface area contributed by atoms with Gasteiger partial charge in [-0.1, -0.05) is 12.1 Å². The molecule has 6 nitrogen and oxygen atoms in total. The Morgan fingerprint density at radius 1 is 1.11 bits per heavy atom. The zero-order valence-corrected chi connectivity index (χ0v) is 16.0. The van der Waals surface area contributed by atoms with E-state index in [9.17, 15) is 9.59 Å². The van der Waals surface area contributed by atoms with Crippen molar-refractivity contribution in [3.8, 4) is 11.5 Å². The smallest absolute Gasteiger partial charge is 0.229 e. The van der Waals surface area contributed by atoms with E-state index < -0.39 is 5.92 Å². The van der Waals surface area contributed by atoms with Gasteiger partial charge in [-0.05, 0) is 43.2 Å². The van der Waals surface area contributed by atoms with Crippen molar-refractivity contribution >= 4 is 23.2 Å². The molecule has 1 N–H and O–H groups in total. The van der Waals surface area contributed by atoms with Gasteiger partial charge in [-0.15, -0.1) is 0 Å². The maximum atomic E-state index is 12.8. The second-order valence-corrected chi connectivity index (χ2v) is 6.75. The lowest BCUT2D eigenvalue weighted by Crippen LogP contribution is -2.28. The number of nitrogens with zero attached hydrogens (tertiary/aromatic N) is 1. The quantitative estimate of drug-likeness (QED) is 0.879. The first kappa shape index (κ1) is 18.8. The monoisotopic (exact) mass is 368 g/mol. The Hall–Kier alpha value is -3.02. The second kappa shape index (κ2) is 7.70. The summed E-state index contributed by atoms with van der Waals surface area (Å²) in [5.41, 5.74) is 3.50. The van der Waals surface area contributed by atoms with E-state index in [2.05, 4.69) is 5.32 Å². The highest BCUT2D eigenvalue weighted by Gasteiger charge is 2.36. The number of benzene rings is 2. The molecule has 0 radical (unpaired) electrons. The molecule has 0 aliphatic carbocycles. The average molecular weight is 368 g/mol. The largest absolute Gasteiger partial charge is 0.497 e. The molecule has 0 bridgehead atoms. The maximum absolute atomic E-state index is 12.8. The summed E-state index contributed by atoms with van der Waals surface area (Å²) in [6.07, 6.45) is 0.186. The number of ether oxygens (including phenoxy) is 2. The molecule has 1 aliphatic rings. The number of carbonyl (C=O) groups is 2. The molecule has 1 unspecified atom stereocenters. The van der Waals surface area contributed by atoms with Crippen LogP contribution in [-0.2, 0) is 9.59 Å². The Kier molecular flexibility index (Phi) is 5.35. The van der Waals surface area contributed by atoms with Gasteiger partial charge in [-0.3, -0.25) is 9.59 Å². The molecule has 1 fully saturated rings. The molecule has 1 aliphatic heterocycles. The highest BCUT2D eigenvalue weighted by molar-refractivity contribution is 6.04. The number of rotatable bonds is 5. The lowest BCUT2D eigenvalue weighted by Gasteiger charge is -2.20. The average Bonchev–Trinajstić information content (AvgIpc) is 3.05. The van der Waals surface area contributed by atoms with E-state index in [-0.39, 0.29) is 18.2 Å². The maximum Gasteiger partial charge on any atom is 0.229 e. The standard InChI is InChI=1S/C21H24N2O4/c1-13-5-6-14(2)18(9-13)23-12-15(10-20(23)24)21(25)22-17-11-16(26-3)7-8-19(17)27-4/h5-9,11,15H,10,12H2,1-4H3,(H,22,25). The first-order valence-corrected chi connectivity index (χ1v) is 8.83. The predicted molar refractivity (Wildman–Crippen MR) is 105 cm³/mol. The summed E-state index contributed by atoms with van der Waals surface area (Å²) in [6.45, 7) is 4.32. The van der Waals surface area contributed by atoms with Crippen molar-refractivity contribution in [2.24, 2.45) is 5.92 Å². The Bertz CT molecular complexity index is 878. The van der Waals surface area contributed by atoms with Gasteiger partial charge in [0.2, 0.25) is 11.8 Å². The zero-order chi connectivity index (χ0) is 19.6. The Balaban J connectivity index is 1.77. The van der Waals surface area contributed by atoms with Gasteiger partial charge in [-0.25, -0.2) is 0 Å². The summed E-state index contributed by atoms with van der Waals surface area (Å²) >= 11 is 0. The predicted octanol–water partition coefficient (Wildman–Crippen LogP) is 3.31. The molecule has 0 spiro atoms. The first-order chi connectivity index (χ1) is 12.9. The van der Waals surface area contributed by atoms with Crippen molar-refractivity contribution < 1.29 is 19.1 Å². The van der Waals surface area contributed by atoms with Gasteiger partial charge in [0, 0.05) is 24.7 Å². The summed E-state index contributed by atoms with van der Waals surface area (Å²) in [5, 5.41) is 2.87. The van der Waals surface area contributed by atoms with Crippen LogP contribution < -0.4 is 19.7 Å². The Labute approximate surface area is 159 Å². The Morgan fingerprint density at radius 2 is 1.89 bits per heavy atom. The number of anilines is 2. The van der Waals surface area contributed by atoms with Gasteiger partial charge >= 0.3 is 0 Å². The Morgan fingerprint density at radius 3 is 2.59 bits per heavy atom. The van der Waals surface area contributed by atoms with Crippen molar-refractivity contribution in [2.45, 2.75) is 20.3 Å². The molecule has 0 aromatic heterocycles. The van der Waals surface area contributed by atoms with Crippen LogP contribution in [0.25, 0.3) is 0 Å². The van der Waals surface area contributed by atoms with Gasteiger partial charge in [0.05, 0.1) is 25.8 Å². The van der Waals surface area contributed by atoms with E-state index in [1.807, 2.05) is 32.0 Å². The number of nitrogens with one attached hydrogen (secondary N) is 1. The molecule has 6 heteroatoms. The third-order valence-electron chi connectivity index (χ3n) is 4.82. The summed E-state index contributed by atoms with van der Waals surface area (Å²) in [7, 11) is 3.10. The lowest BCUT2D eigenvalue weighted by molar-refractivity contribution is -0.122. The van der Waals surface area contributed by atoms with E-state index in [1.165, 1.54) is 0 Å². The van der Waals surface area contributed by atoms with Crippen LogP contribution in [0.3, 0.4) is 0 Å². The third-order valence-corrected chi connectivity index (χ3v) is 4.82. The van der Waals surface area contributed by atoms with Crippen LogP contribution in [0.5, 0.6) is 11.5 Å². The topological polar surface area (TPSA) is 67.9 Å². The van der Waals surface area contributed by atoms with Crippen LogP contribution in [-0.4, -0.2) is 32.6 Å². The molecule has 27 heavy (non-hydrogen) atoms. The molecule has 2 aromatic rings. The number of methoxy groups -OCH3 is 2. The molecule has 142 valence electrons. The van der Waals surface area contributed by atoms with Crippen molar-refractivity contribution in [3.63, 3.8) is 0 Å². The van der Waals surface area contributed by atoms with Gasteiger partial charge in [0.25, 0.3) is 0 Å². The molecule has 2 amide bonds. The van der Waals surface area contributed by atoms with Gasteiger partial charge < -0.3 is 19.7 Å². The van der Waals surface area contributed by atoms with E-state index >= 15 is 0 Å². The van der Waals surface area contributed by atoms with Crippen molar-refractivity contribution in [2.75, 3.05) is 31.0 Å². The minimum Gasteiger partial charge on any atom is -0.497 e. The molecule has 3 rings (SSSR count). The zero-order valence-electron chi connectivity index (χ0n) is 16.0. The van der Waals surface area contributed by atoms with Crippen molar-refractivity contribution in [3.05, 3.63) is 47.5 Å². The van der Waals surface area contributed by atoms with Crippen LogP contribution in [0.2, 0.25) is 0 Å². The number of hydrogen-bond acceptors (Lipinski definition) is 4. The lowest BCUT2D eigenvalue weighted by atomic mass is 10.1. The van der Waals surface area contributed by atoms with E-state index in [0.717, 1.165) is 16.8 Å². The van der Waals surface area contributed by atoms with Crippen molar-refractivity contribution in [1.82, 2.24) is 0 Å². The van der Waals surface area contributed by atoms with Gasteiger partial charge in [0.1, 0.15) is 11.5 Å². The first-order valence-electron chi connectivity index (χ1n) is 8.83. The fraction of sp³-hybridized carbons (Fsp3) is 0.333. The normalized spacial score (nSPS) is 16.4. The van der Waals surface area contributed by atoms with Crippen molar-refractivity contribution in [1.29, 1.82) is 0 Å². The number of carbonyl (C=O) groups excluding carboxylic acids is 2. The summed E-state index contributed by atoms with van der Waals surface area (Å²) in [6, 6.07) is 11.2. The molecule has 1 atom stereocenters. The van der Waals surface area contributed by atoms with Gasteiger partial charge in [0.15, 0.2) is 0 Å². The minimum absolute atomic E-state index is 0.0403. The minimum atomic E-state index is -0.423. The molecule has 1 saturated heterocycles. The van der Waals surface area contributed by atoms with Crippen LogP contribution in [0.4, 0.5) is 11.4 Å². The highest BCUT2D eigenvalue weighted by Crippen LogP contribution is 2.32. The number of amides is 2. The van der Waals surface area contributed by atoms with E-state index in [1.54, 1.807) is 37.3 Å². The molecule has 0 saturated carbocycles. The van der Waals surface area contributed by atoms with E-state index in [4.69, 9.17) is 9.47 Å². The molecular formula is C21H24N2O4. The summed E-state index contributed by atoms with van der Waals surface area (Å²) < 4.78 is 10.5. The molecule has 1 heterocycles. The molecular weight excluding hydrogens is 344 g/mol. The van der Waals surface area contributed by atoms with Gasteiger partial charge in [-0.2, -0.15) is 0 Å². The fourth-order valence-corrected chi connectivity index (χ4v) is 3.27. The van der Waals surface area contributed by atoms with Crippen LogP contribution >= 0.6 is 0 Å². The molecule has 2 aromatic carbocycles. The second-order valence-electron chi connectivity index (χ2n) is 6.75. The van der Waals surface area contributed by atoms with Crippen LogP contribution in [0, 0.1) is 19.8 Å². The van der Waals surface area contributed by atoms with Crippen LogP contribution in [0.1, 0.15) is 17.5 Å². The number of aryl methyl sites for hydroxylation is 2.